The number of fused-ring (bicyclic) bond motifs is 3. The van der Waals surface area contributed by atoms with Crippen molar-refractivity contribution in [1.29, 1.82) is 15.8 Å². The number of aryl methyl sites for hydroxylation is 3. The van der Waals surface area contributed by atoms with Crippen LogP contribution in [0.25, 0.3) is 50.9 Å². The Hall–Kier alpha value is -7.43. The highest BCUT2D eigenvalue weighted by Crippen LogP contribution is 2.51. The summed E-state index contributed by atoms with van der Waals surface area (Å²) in [4.78, 5) is 43.3. The van der Waals surface area contributed by atoms with Gasteiger partial charge in [0.15, 0.2) is 17.5 Å². The van der Waals surface area contributed by atoms with Crippen LogP contribution in [-0.4, -0.2) is 69.5 Å². The number of aromatic carboxylic acids is 3. The molecule has 31 heteroatoms. The Morgan fingerprint density at radius 3 is 0.945 bits per heavy atom. The summed E-state index contributed by atoms with van der Waals surface area (Å²) in [6.07, 6.45) is 8.31. The minimum Gasteiger partial charge on any atom is -0.477 e. The van der Waals surface area contributed by atoms with Gasteiger partial charge in [-0.3, -0.25) is 13.7 Å². The molecule has 0 amide bonds. The minimum atomic E-state index is -4.05. The second kappa shape index (κ2) is 31.7. The van der Waals surface area contributed by atoms with Gasteiger partial charge in [0.2, 0.25) is 0 Å². The summed E-state index contributed by atoms with van der Waals surface area (Å²) in [5.41, 5.74) is 2.87. The number of hydrogen-bond acceptors (Lipinski definition) is 13. The average Bonchev–Trinajstić information content (AvgIpc) is 1.66. The molecule has 0 aliphatic rings. The van der Waals surface area contributed by atoms with Gasteiger partial charge < -0.3 is 43.8 Å². The van der Waals surface area contributed by atoms with E-state index in [2.05, 4.69) is 35.7 Å². The second-order valence-electron chi connectivity index (χ2n) is 18.8. The Bertz CT molecular complexity index is 4320. The number of carboxylic acids is 3. The molecule has 0 fully saturated rings. The molecular formula is C60H49Cl3F3N6O12P5S2. The Labute approximate surface area is 548 Å². The lowest BCUT2D eigenvalue weighted by Gasteiger charge is -2.19. The van der Waals surface area contributed by atoms with Gasteiger partial charge in [0.05, 0.1) is 65.3 Å². The summed E-state index contributed by atoms with van der Waals surface area (Å²) in [6, 6.07) is 28.2. The molecule has 4 unspecified atom stereocenters. The predicted octanol–water partition coefficient (Wildman–Crippen LogP) is 14.4. The van der Waals surface area contributed by atoms with Crippen molar-refractivity contribution in [3.63, 3.8) is 0 Å². The number of aromatic amines is 3. The van der Waals surface area contributed by atoms with Gasteiger partial charge in [-0.1, -0.05) is 73.7 Å². The van der Waals surface area contributed by atoms with Crippen LogP contribution < -0.4 is 31.8 Å². The van der Waals surface area contributed by atoms with Gasteiger partial charge in [-0.05, 0) is 152 Å². The van der Waals surface area contributed by atoms with Gasteiger partial charge in [0.25, 0.3) is 22.1 Å². The fourth-order valence-electron chi connectivity index (χ4n) is 9.52. The normalized spacial score (nSPS) is 13.1. The number of halogens is 6. The fraction of sp³-hybridized carbons (Fsp3) is 0.100. The van der Waals surface area contributed by atoms with Gasteiger partial charge >= 0.3 is 17.9 Å². The SMILES string of the molecule is COP(=O)(c1cc(C)cc(/C=C/C#N)c1)c1c(C(=O)O)[nH]c2ccc(Cl)c(F)c12.COP(=O)(c1cc(C)cc(/C=C/C#N)c1)c1c(C(=O)O)[nH]c2ccc(Cl)c(F)c12.COP(=O)(c1cc(C)cc(/C=C/C#N)c1)c1c(C(=O)O)[nH]c2ccc(Cl)c(F)c12.PP=S.S. The number of nitrogens with one attached hydrogen (secondary N) is 3. The average molecular weight is 1430 g/mol. The molecule has 9 aromatic rings. The van der Waals surface area contributed by atoms with Gasteiger partial charge in [-0.25, -0.2) is 27.6 Å². The summed E-state index contributed by atoms with van der Waals surface area (Å²) in [5, 5.41) is 53.5. The molecule has 6 aromatic carbocycles. The Kier molecular flexibility index (Phi) is 25.9. The van der Waals surface area contributed by atoms with Gasteiger partial charge in [0.1, 0.15) is 17.1 Å². The maximum Gasteiger partial charge on any atom is 0.353 e. The zero-order chi connectivity index (χ0) is 66.7. The van der Waals surface area contributed by atoms with Gasteiger partial charge in [-0.2, -0.15) is 29.3 Å². The number of nitrogens with zero attached hydrogens (tertiary/aromatic N) is 3. The topological polar surface area (TPSA) is 310 Å². The summed E-state index contributed by atoms with van der Waals surface area (Å²) >= 11 is 22.0. The molecule has 470 valence electrons. The van der Waals surface area contributed by atoms with Crippen molar-refractivity contribution in [2.45, 2.75) is 20.8 Å². The molecule has 4 atom stereocenters. The first-order valence-electron chi connectivity index (χ1n) is 25.4. The maximum atomic E-state index is 14.9. The molecule has 6 N–H and O–H groups in total. The van der Waals surface area contributed by atoms with E-state index >= 15 is 0 Å². The number of carbonyl (C=O) groups is 3. The van der Waals surface area contributed by atoms with E-state index in [1.165, 1.54) is 112 Å². The number of nitriles is 3. The minimum absolute atomic E-state index is 0. The number of rotatable bonds is 15. The predicted molar refractivity (Wildman–Crippen MR) is 364 cm³/mol. The molecule has 3 aromatic heterocycles. The van der Waals surface area contributed by atoms with E-state index in [1.54, 1.807) is 57.2 Å². The first kappa shape index (κ1) is 74.3. The van der Waals surface area contributed by atoms with E-state index in [0.717, 1.165) is 7.04 Å². The fourth-order valence-corrected chi connectivity index (χ4v) is 16.9. The van der Waals surface area contributed by atoms with Crippen molar-refractivity contribution in [3.8, 4) is 18.2 Å². The third kappa shape index (κ3) is 15.7. The highest BCUT2D eigenvalue weighted by atomic mass is 35.5. The van der Waals surface area contributed by atoms with Crippen LogP contribution in [-0.2, 0) is 39.1 Å². The van der Waals surface area contributed by atoms with E-state index in [1.807, 2.05) is 18.2 Å². The number of hydrogen-bond donors (Lipinski definition) is 6. The lowest BCUT2D eigenvalue weighted by Crippen LogP contribution is -2.23. The van der Waals surface area contributed by atoms with Crippen LogP contribution in [0.2, 0.25) is 15.1 Å². The molecule has 9 rings (SSSR count). The zero-order valence-electron chi connectivity index (χ0n) is 48.0. The first-order chi connectivity index (χ1) is 42.6. The molecular weight excluding hydrogens is 1380 g/mol. The van der Waals surface area contributed by atoms with Crippen molar-refractivity contribution in [1.82, 2.24) is 15.0 Å². The van der Waals surface area contributed by atoms with E-state index in [9.17, 15) is 56.6 Å². The molecule has 91 heavy (non-hydrogen) atoms. The zero-order valence-corrected chi connectivity index (χ0v) is 56.8. The molecule has 0 aliphatic heterocycles. The summed E-state index contributed by atoms with van der Waals surface area (Å²) in [7, 11) is -5.38. The monoisotopic (exact) mass is 1430 g/mol. The molecule has 0 saturated carbocycles. The largest absolute Gasteiger partial charge is 0.477 e. The molecule has 0 saturated heterocycles. The number of allylic oxidation sites excluding steroid dienone is 3. The summed E-state index contributed by atoms with van der Waals surface area (Å²) < 4.78 is 103. The quantitative estimate of drug-likeness (QED) is 0.0410. The Morgan fingerprint density at radius 1 is 0.516 bits per heavy atom. The molecule has 3 heterocycles. The standard InChI is InChI=1S/3C20H15ClFN2O4P.H2P2S.H2S/c3*1-11-8-12(4-3-7-23)10-13(9-11)29(27,28-2)19-16-15(24-18(19)20(25)26)6-5-14(21)17(16)22;1-2-3;/h3*3-6,8-10,24H,1-2H3,(H,25,26);1H2;1H2/b3*4-3+;;. The van der Waals surface area contributed by atoms with Crippen LogP contribution in [0.15, 0.2) is 109 Å². The first-order valence-corrected chi connectivity index (χ1v) is 34.9. The van der Waals surface area contributed by atoms with E-state index in [-0.39, 0.29) is 93.1 Å². The molecule has 0 aliphatic carbocycles. The van der Waals surface area contributed by atoms with Crippen molar-refractivity contribution >= 4 is 199 Å². The van der Waals surface area contributed by atoms with E-state index < -0.39 is 74.5 Å². The number of benzene rings is 6. The highest BCUT2D eigenvalue weighted by Gasteiger charge is 2.41. The van der Waals surface area contributed by atoms with Crippen LogP contribution in [0.4, 0.5) is 13.2 Å². The number of carboxylic acid groups (broad SMARTS) is 3. The lowest BCUT2D eigenvalue weighted by atomic mass is 10.1. The number of H-pyrrole nitrogens is 3. The van der Waals surface area contributed by atoms with Gasteiger partial charge in [0, 0.05) is 72.0 Å². The van der Waals surface area contributed by atoms with E-state index in [4.69, 9.17) is 64.2 Å². The molecule has 18 nitrogen and oxygen atoms in total. The third-order valence-electron chi connectivity index (χ3n) is 13.1. The smallest absolute Gasteiger partial charge is 0.353 e. The molecule has 0 spiro atoms. The van der Waals surface area contributed by atoms with Crippen molar-refractivity contribution < 1.29 is 70.1 Å². The number of aromatic nitrogens is 3. The maximum absolute atomic E-state index is 14.9. The second-order valence-corrected chi connectivity index (χ2v) is 30.1. The van der Waals surface area contributed by atoms with Crippen molar-refractivity contribution in [2.75, 3.05) is 21.3 Å². The van der Waals surface area contributed by atoms with Crippen LogP contribution in [0, 0.1) is 72.2 Å². The lowest BCUT2D eigenvalue weighted by molar-refractivity contribution is 0.0682. The molecule has 0 radical (unpaired) electrons. The van der Waals surface area contributed by atoms with Gasteiger partial charge in [-0.15, -0.1) is 0 Å². The van der Waals surface area contributed by atoms with Crippen LogP contribution in [0.1, 0.15) is 64.8 Å². The molecule has 0 bridgehead atoms. The van der Waals surface area contributed by atoms with Crippen LogP contribution in [0.5, 0.6) is 0 Å². The Morgan fingerprint density at radius 2 is 0.747 bits per heavy atom. The van der Waals surface area contributed by atoms with Crippen LogP contribution >= 0.6 is 86.4 Å². The summed E-state index contributed by atoms with van der Waals surface area (Å²) in [5.74, 6) is -6.92. The third-order valence-corrected chi connectivity index (χ3v) is 21.4. The summed E-state index contributed by atoms with van der Waals surface area (Å²) in [6.45, 7) is 5.24. The highest BCUT2D eigenvalue weighted by molar-refractivity contribution is 8.24. The van der Waals surface area contributed by atoms with Crippen molar-refractivity contribution in [3.05, 3.63) is 192 Å². The van der Waals surface area contributed by atoms with E-state index in [0.29, 0.717) is 33.4 Å². The Balaban J connectivity index is 0.000000241. The van der Waals surface area contributed by atoms with Crippen LogP contribution in [0.3, 0.4) is 0 Å². The van der Waals surface area contributed by atoms with Crippen molar-refractivity contribution in [2.24, 2.45) is 0 Å².